The fourth-order valence-corrected chi connectivity index (χ4v) is 2.21. The van der Waals surface area contributed by atoms with Gasteiger partial charge in [0.05, 0.1) is 19.8 Å². The highest BCUT2D eigenvalue weighted by molar-refractivity contribution is 5.89. The average Bonchev–Trinajstić information content (AvgIpc) is 2.97. The molecule has 6 heteroatoms. The molecule has 0 unspecified atom stereocenters. The number of aromatic nitrogens is 3. The van der Waals surface area contributed by atoms with Gasteiger partial charge in [-0.3, -0.25) is 4.40 Å². The van der Waals surface area contributed by atoms with E-state index < -0.39 is 5.97 Å². The third-order valence-corrected chi connectivity index (χ3v) is 3.17. The van der Waals surface area contributed by atoms with E-state index in [2.05, 4.69) is 10.2 Å². The molecule has 0 aliphatic carbocycles. The number of carbonyl (C=O) groups excluding carboxylic acids is 1. The zero-order chi connectivity index (χ0) is 14.8. The van der Waals surface area contributed by atoms with Crippen LogP contribution in [0.1, 0.15) is 10.5 Å². The molecule has 21 heavy (non-hydrogen) atoms. The Bertz CT molecular complexity index is 811. The normalized spacial score (nSPS) is 10.6. The second-order valence-electron chi connectivity index (χ2n) is 4.32. The molecule has 106 valence electrons. The molecule has 0 amide bonds. The number of methoxy groups -OCH3 is 2. The van der Waals surface area contributed by atoms with Crippen LogP contribution in [0.2, 0.25) is 0 Å². The second-order valence-corrected chi connectivity index (χ2v) is 4.32. The number of carbonyl (C=O) groups is 1. The summed E-state index contributed by atoms with van der Waals surface area (Å²) >= 11 is 0. The molecule has 0 N–H and O–H groups in total. The van der Waals surface area contributed by atoms with Gasteiger partial charge < -0.3 is 9.47 Å². The molecule has 3 aromatic rings. The van der Waals surface area contributed by atoms with Crippen LogP contribution in [0.3, 0.4) is 0 Å². The zero-order valence-electron chi connectivity index (χ0n) is 11.6. The van der Waals surface area contributed by atoms with Crippen molar-refractivity contribution in [1.29, 1.82) is 0 Å². The van der Waals surface area contributed by atoms with E-state index in [0.29, 0.717) is 22.9 Å². The second kappa shape index (κ2) is 5.24. The molecule has 0 atom stereocenters. The highest BCUT2D eigenvalue weighted by Crippen LogP contribution is 2.29. The Balaban J connectivity index is 2.31. The molecule has 0 spiro atoms. The fraction of sp³-hybridized carbons (Fsp3) is 0.133. The lowest BCUT2D eigenvalue weighted by atomic mass is 10.2. The first-order valence-electron chi connectivity index (χ1n) is 6.32. The molecular weight excluding hydrogens is 270 g/mol. The molecule has 2 aromatic heterocycles. The number of fused-ring (bicyclic) bond motifs is 1. The minimum atomic E-state index is -0.448. The predicted molar refractivity (Wildman–Crippen MR) is 76.3 cm³/mol. The van der Waals surface area contributed by atoms with Crippen molar-refractivity contribution in [1.82, 2.24) is 14.6 Å². The molecular formula is C15H13N3O3. The fourth-order valence-electron chi connectivity index (χ4n) is 2.21. The van der Waals surface area contributed by atoms with Crippen LogP contribution in [0, 0.1) is 0 Å². The molecule has 0 fully saturated rings. The van der Waals surface area contributed by atoms with E-state index in [4.69, 9.17) is 9.47 Å². The van der Waals surface area contributed by atoms with E-state index >= 15 is 0 Å². The first kappa shape index (κ1) is 13.1. The Morgan fingerprint density at radius 1 is 1.05 bits per heavy atom. The molecule has 0 saturated heterocycles. The Morgan fingerprint density at radius 3 is 2.62 bits per heavy atom. The van der Waals surface area contributed by atoms with Gasteiger partial charge in [0, 0.05) is 0 Å². The zero-order valence-corrected chi connectivity index (χ0v) is 11.6. The molecule has 0 bridgehead atoms. The van der Waals surface area contributed by atoms with Crippen molar-refractivity contribution in [3.63, 3.8) is 0 Å². The van der Waals surface area contributed by atoms with Crippen LogP contribution in [-0.2, 0) is 4.74 Å². The molecule has 6 nitrogen and oxygen atoms in total. The Labute approximate surface area is 120 Å². The lowest BCUT2D eigenvalue weighted by Gasteiger charge is -2.09. The van der Waals surface area contributed by atoms with Crippen molar-refractivity contribution in [3.8, 4) is 17.1 Å². The van der Waals surface area contributed by atoms with Crippen LogP contribution in [0.15, 0.2) is 42.5 Å². The summed E-state index contributed by atoms with van der Waals surface area (Å²) in [6.45, 7) is 0. The summed E-state index contributed by atoms with van der Waals surface area (Å²) in [6, 6.07) is 12.6. The van der Waals surface area contributed by atoms with E-state index in [1.807, 2.05) is 24.3 Å². The molecule has 1 aromatic carbocycles. The van der Waals surface area contributed by atoms with Gasteiger partial charge in [0.1, 0.15) is 11.4 Å². The van der Waals surface area contributed by atoms with Crippen LogP contribution >= 0.6 is 0 Å². The topological polar surface area (TPSA) is 65.7 Å². The first-order chi connectivity index (χ1) is 10.3. The summed E-state index contributed by atoms with van der Waals surface area (Å²) in [5, 5.41) is 8.27. The van der Waals surface area contributed by atoms with E-state index in [-0.39, 0.29) is 0 Å². The highest BCUT2D eigenvalue weighted by Gasteiger charge is 2.18. The number of para-hydroxylation sites is 1. The molecule has 3 rings (SSSR count). The summed E-state index contributed by atoms with van der Waals surface area (Å²) < 4.78 is 11.8. The van der Waals surface area contributed by atoms with Crippen molar-refractivity contribution in [2.24, 2.45) is 0 Å². The number of hydrogen-bond acceptors (Lipinski definition) is 5. The highest BCUT2D eigenvalue weighted by atomic mass is 16.5. The van der Waals surface area contributed by atoms with Crippen LogP contribution < -0.4 is 4.74 Å². The maximum absolute atomic E-state index is 11.9. The van der Waals surface area contributed by atoms with Crippen molar-refractivity contribution in [3.05, 3.63) is 48.2 Å². The van der Waals surface area contributed by atoms with Crippen molar-refractivity contribution >= 4 is 11.6 Å². The number of pyridine rings is 1. The van der Waals surface area contributed by atoms with Crippen LogP contribution in [0.25, 0.3) is 17.0 Å². The number of hydrogen-bond donors (Lipinski definition) is 0. The van der Waals surface area contributed by atoms with Gasteiger partial charge >= 0.3 is 5.97 Å². The van der Waals surface area contributed by atoms with Crippen LogP contribution in [0.5, 0.6) is 5.75 Å². The average molecular weight is 283 g/mol. The van der Waals surface area contributed by atoms with Crippen LogP contribution in [-0.4, -0.2) is 34.8 Å². The van der Waals surface area contributed by atoms with Crippen molar-refractivity contribution < 1.29 is 14.3 Å². The number of esters is 1. The SMILES string of the molecule is COC(=O)c1cccc2nnc(-c3ccccc3OC)n12. The van der Waals surface area contributed by atoms with Gasteiger partial charge in [-0.05, 0) is 24.3 Å². The lowest BCUT2D eigenvalue weighted by molar-refractivity contribution is 0.0592. The maximum atomic E-state index is 11.9. The first-order valence-corrected chi connectivity index (χ1v) is 6.32. The number of nitrogens with zero attached hydrogens (tertiary/aromatic N) is 3. The van der Waals surface area contributed by atoms with Crippen molar-refractivity contribution in [2.45, 2.75) is 0 Å². The van der Waals surface area contributed by atoms with Gasteiger partial charge in [-0.15, -0.1) is 10.2 Å². The van der Waals surface area contributed by atoms with Gasteiger partial charge in [0.2, 0.25) is 0 Å². The molecule has 0 aliphatic rings. The van der Waals surface area contributed by atoms with Gasteiger partial charge in [0.25, 0.3) is 0 Å². The largest absolute Gasteiger partial charge is 0.496 e. The Hall–Kier alpha value is -2.89. The van der Waals surface area contributed by atoms with E-state index in [1.54, 1.807) is 29.7 Å². The minimum absolute atomic E-state index is 0.362. The smallest absolute Gasteiger partial charge is 0.355 e. The van der Waals surface area contributed by atoms with Gasteiger partial charge in [-0.2, -0.15) is 0 Å². The monoisotopic (exact) mass is 283 g/mol. The summed E-state index contributed by atoms with van der Waals surface area (Å²) in [4.78, 5) is 11.9. The molecule has 0 saturated carbocycles. The van der Waals surface area contributed by atoms with E-state index in [1.165, 1.54) is 7.11 Å². The van der Waals surface area contributed by atoms with Crippen LogP contribution in [0.4, 0.5) is 0 Å². The third-order valence-electron chi connectivity index (χ3n) is 3.17. The number of rotatable bonds is 3. The van der Waals surface area contributed by atoms with Gasteiger partial charge in [0.15, 0.2) is 11.5 Å². The Kier molecular flexibility index (Phi) is 3.27. The summed E-state index contributed by atoms with van der Waals surface area (Å²) in [7, 11) is 2.93. The van der Waals surface area contributed by atoms with Gasteiger partial charge in [-0.1, -0.05) is 18.2 Å². The standard InChI is InChI=1S/C15H13N3O3/c1-20-12-8-4-3-6-10(12)14-17-16-13-9-5-7-11(18(13)14)15(19)21-2/h3-9H,1-2H3. The van der Waals surface area contributed by atoms with Gasteiger partial charge in [-0.25, -0.2) is 4.79 Å². The lowest BCUT2D eigenvalue weighted by Crippen LogP contribution is -2.09. The van der Waals surface area contributed by atoms with Crippen molar-refractivity contribution in [2.75, 3.05) is 14.2 Å². The predicted octanol–water partition coefficient (Wildman–Crippen LogP) is 2.19. The molecule has 2 heterocycles. The number of ether oxygens (including phenoxy) is 2. The molecule has 0 aliphatic heterocycles. The summed E-state index contributed by atoms with van der Waals surface area (Å²) in [6.07, 6.45) is 0. The third kappa shape index (κ3) is 2.10. The minimum Gasteiger partial charge on any atom is -0.496 e. The Morgan fingerprint density at radius 2 is 1.86 bits per heavy atom. The summed E-state index contributed by atoms with van der Waals surface area (Å²) in [5.41, 5.74) is 1.68. The molecule has 0 radical (unpaired) electrons. The quantitative estimate of drug-likeness (QED) is 0.689. The van der Waals surface area contributed by atoms with E-state index in [0.717, 1.165) is 5.56 Å². The van der Waals surface area contributed by atoms with E-state index in [9.17, 15) is 4.79 Å². The summed E-state index contributed by atoms with van der Waals surface area (Å²) in [5.74, 6) is 0.742. The maximum Gasteiger partial charge on any atom is 0.355 e. The number of benzene rings is 1.